The minimum atomic E-state index is -1.18. The molecule has 1 amide bonds. The van der Waals surface area contributed by atoms with Crippen LogP contribution in [-0.4, -0.2) is 5.91 Å². The van der Waals surface area contributed by atoms with E-state index in [2.05, 4.69) is 25.1 Å². The van der Waals surface area contributed by atoms with Crippen molar-refractivity contribution in [2.75, 3.05) is 0 Å². The molecule has 2 heteroatoms. The van der Waals surface area contributed by atoms with E-state index >= 15 is 0 Å². The quantitative estimate of drug-likeness (QED) is 0.788. The highest BCUT2D eigenvalue weighted by atomic mass is 16.1. The maximum Gasteiger partial charge on any atom is 0.224 e. The van der Waals surface area contributed by atoms with Crippen LogP contribution in [0.4, 0.5) is 0 Å². The molecule has 2 aliphatic rings. The monoisotopic (exact) mass is 228 g/mol. The summed E-state index contributed by atoms with van der Waals surface area (Å²) in [4.78, 5) is 11.6. The molecule has 2 aliphatic carbocycles. The lowest BCUT2D eigenvalue weighted by atomic mass is 9.82. The van der Waals surface area contributed by atoms with Gasteiger partial charge < -0.3 is 5.73 Å². The van der Waals surface area contributed by atoms with Gasteiger partial charge in [0.1, 0.15) is 0 Å². The fraction of sp³-hybridized carbons (Fsp3) is 0.400. The average molecular weight is 228 g/mol. The third-order valence-corrected chi connectivity index (χ3v) is 3.84. The zero-order chi connectivity index (χ0) is 12.9. The number of primary amides is 1. The molecule has 2 N–H and O–H groups in total. The number of benzene rings is 1. The highest BCUT2D eigenvalue weighted by Crippen LogP contribution is 2.44. The van der Waals surface area contributed by atoms with Gasteiger partial charge in [-0.1, -0.05) is 23.8 Å². The van der Waals surface area contributed by atoms with E-state index in [0.29, 0.717) is 6.42 Å². The number of aryl methyl sites for hydroxylation is 1. The van der Waals surface area contributed by atoms with Gasteiger partial charge in [-0.25, -0.2) is 0 Å². The maximum atomic E-state index is 11.6. The van der Waals surface area contributed by atoms with E-state index in [4.69, 9.17) is 7.10 Å². The van der Waals surface area contributed by atoms with E-state index in [-0.39, 0.29) is 0 Å². The summed E-state index contributed by atoms with van der Waals surface area (Å²) in [5.41, 5.74) is 11.3. The molecule has 0 saturated heterocycles. The predicted molar refractivity (Wildman–Crippen MR) is 68.3 cm³/mol. The molecular weight excluding hydrogens is 210 g/mol. The molecule has 0 fully saturated rings. The van der Waals surface area contributed by atoms with E-state index in [9.17, 15) is 4.79 Å². The van der Waals surface area contributed by atoms with Crippen molar-refractivity contribution in [1.82, 2.24) is 0 Å². The molecule has 1 unspecified atom stereocenters. The Hall–Kier alpha value is -1.57. The molecule has 1 aromatic carbocycles. The first kappa shape index (κ1) is 9.46. The largest absolute Gasteiger partial charge is 0.369 e. The Morgan fingerprint density at radius 3 is 3.12 bits per heavy atom. The van der Waals surface area contributed by atoms with Crippen LogP contribution in [0, 0.1) is 12.8 Å². The molecule has 88 valence electrons. The predicted octanol–water partition coefficient (Wildman–Crippen LogP) is 2.59. The Bertz CT molecular complexity index is 576. The zero-order valence-corrected chi connectivity index (χ0v) is 10.0. The lowest BCUT2D eigenvalue weighted by Crippen LogP contribution is -2.27. The third kappa shape index (κ3) is 1.59. The minimum absolute atomic E-state index is 0.501. The summed E-state index contributed by atoms with van der Waals surface area (Å²) < 4.78 is 8.40. The molecule has 0 aromatic heterocycles. The first-order valence-corrected chi connectivity index (χ1v) is 6.15. The molecule has 1 atom stereocenters. The van der Waals surface area contributed by atoms with E-state index in [0.717, 1.165) is 24.8 Å². The molecule has 0 radical (unpaired) electrons. The Labute approximate surface area is 103 Å². The summed E-state index contributed by atoms with van der Waals surface area (Å²) in [6.45, 7) is 2.07. The lowest BCUT2D eigenvalue weighted by Gasteiger charge is -2.22. The van der Waals surface area contributed by atoms with Crippen LogP contribution in [0.15, 0.2) is 23.8 Å². The molecule has 0 aliphatic heterocycles. The maximum absolute atomic E-state index is 11.6. The summed E-state index contributed by atoms with van der Waals surface area (Å²) in [6, 6.07) is 6.38. The van der Waals surface area contributed by atoms with Crippen LogP contribution in [0.3, 0.4) is 0 Å². The standard InChI is InChI=1S/C15H17NO/c1-9-5-6-10-8-14-11(13(10)7-9)3-2-4-12(14)15(16)17/h5-7,12H,2-4,8H2,1H3,(H2,16,17)/i12D. The van der Waals surface area contributed by atoms with Gasteiger partial charge in [0.05, 0.1) is 5.89 Å². The number of carbonyl (C=O) groups is 1. The van der Waals surface area contributed by atoms with Gasteiger partial charge in [0.25, 0.3) is 0 Å². The van der Waals surface area contributed by atoms with Gasteiger partial charge >= 0.3 is 0 Å². The molecule has 0 spiro atoms. The number of carbonyl (C=O) groups excluding carboxylic acids is 1. The summed E-state index contributed by atoms with van der Waals surface area (Å²) in [6.07, 6.45) is 3.13. The van der Waals surface area contributed by atoms with Crippen LogP contribution in [0.2, 0.25) is 0 Å². The Morgan fingerprint density at radius 1 is 1.53 bits per heavy atom. The zero-order valence-electron chi connectivity index (χ0n) is 11.0. The molecule has 0 saturated carbocycles. The van der Waals surface area contributed by atoms with Crippen LogP contribution in [0.1, 0.15) is 37.3 Å². The molecule has 17 heavy (non-hydrogen) atoms. The Kier molecular flexibility index (Phi) is 2.07. The van der Waals surface area contributed by atoms with Gasteiger partial charge in [0.2, 0.25) is 5.91 Å². The number of nitrogens with two attached hydrogens (primary N) is 1. The highest BCUT2D eigenvalue weighted by Gasteiger charge is 2.32. The summed E-state index contributed by atoms with van der Waals surface area (Å²) in [5, 5.41) is 0. The van der Waals surface area contributed by atoms with Gasteiger partial charge in [-0.3, -0.25) is 4.79 Å². The van der Waals surface area contributed by atoms with Gasteiger partial charge in [0.15, 0.2) is 0 Å². The fourth-order valence-electron chi connectivity index (χ4n) is 3.02. The first-order chi connectivity index (χ1) is 8.52. The van der Waals surface area contributed by atoms with Gasteiger partial charge in [-0.15, -0.1) is 0 Å². The second-order valence-corrected chi connectivity index (χ2v) is 4.99. The van der Waals surface area contributed by atoms with Crippen molar-refractivity contribution in [3.63, 3.8) is 0 Å². The van der Waals surface area contributed by atoms with Crippen LogP contribution in [0.5, 0.6) is 0 Å². The molecule has 0 heterocycles. The average Bonchev–Trinajstić information content (AvgIpc) is 2.69. The van der Waals surface area contributed by atoms with E-state index < -0.39 is 11.8 Å². The van der Waals surface area contributed by atoms with Crippen LogP contribution >= 0.6 is 0 Å². The molecule has 1 aromatic rings. The van der Waals surface area contributed by atoms with Gasteiger partial charge in [-0.2, -0.15) is 0 Å². The summed E-state index contributed by atoms with van der Waals surface area (Å²) >= 11 is 0. The number of hydrogen-bond acceptors (Lipinski definition) is 1. The number of amides is 1. The SMILES string of the molecule is [2H]C1(C(N)=O)CCCC2=C1Cc1ccc(C)cc12. The van der Waals surface area contributed by atoms with Crippen LogP contribution in [-0.2, 0) is 11.2 Å². The number of rotatable bonds is 1. The molecular formula is C15H17NO. The summed E-state index contributed by atoms with van der Waals surface area (Å²) in [7, 11) is 0. The van der Waals surface area contributed by atoms with Crippen molar-refractivity contribution in [3.8, 4) is 0 Å². The van der Waals surface area contributed by atoms with Crippen molar-refractivity contribution in [1.29, 1.82) is 0 Å². The molecule has 0 bridgehead atoms. The van der Waals surface area contributed by atoms with Crippen LogP contribution in [0.25, 0.3) is 5.57 Å². The Balaban J connectivity index is 2.15. The second-order valence-electron chi connectivity index (χ2n) is 4.99. The molecule has 3 rings (SSSR count). The van der Waals surface area contributed by atoms with E-state index in [1.807, 2.05) is 0 Å². The fourth-order valence-corrected chi connectivity index (χ4v) is 3.02. The van der Waals surface area contributed by atoms with Crippen molar-refractivity contribution < 1.29 is 6.17 Å². The van der Waals surface area contributed by atoms with Crippen LogP contribution < -0.4 is 5.73 Å². The molecule has 2 nitrogen and oxygen atoms in total. The van der Waals surface area contributed by atoms with Crippen molar-refractivity contribution >= 4 is 11.5 Å². The third-order valence-electron chi connectivity index (χ3n) is 3.84. The normalized spacial score (nSPS) is 27.5. The number of fused-ring (bicyclic) bond motifs is 2. The van der Waals surface area contributed by atoms with Gasteiger partial charge in [-0.05, 0) is 54.9 Å². The summed E-state index contributed by atoms with van der Waals surface area (Å²) in [5.74, 6) is -1.68. The second kappa shape index (κ2) is 3.73. The number of allylic oxidation sites excluding steroid dienone is 1. The van der Waals surface area contributed by atoms with Gasteiger partial charge in [0, 0.05) is 1.37 Å². The smallest absolute Gasteiger partial charge is 0.224 e. The van der Waals surface area contributed by atoms with Crippen molar-refractivity contribution in [2.24, 2.45) is 11.6 Å². The lowest BCUT2D eigenvalue weighted by molar-refractivity contribution is -0.121. The van der Waals surface area contributed by atoms with Crippen molar-refractivity contribution in [2.45, 2.75) is 32.6 Å². The van der Waals surface area contributed by atoms with E-state index in [1.165, 1.54) is 22.3 Å². The van der Waals surface area contributed by atoms with E-state index in [1.54, 1.807) is 0 Å². The first-order valence-electron chi connectivity index (χ1n) is 6.65. The van der Waals surface area contributed by atoms with Crippen molar-refractivity contribution in [3.05, 3.63) is 40.5 Å². The minimum Gasteiger partial charge on any atom is -0.369 e. The highest BCUT2D eigenvalue weighted by molar-refractivity contribution is 5.87. The topological polar surface area (TPSA) is 43.1 Å². The Morgan fingerprint density at radius 2 is 2.35 bits per heavy atom. The number of hydrogen-bond donors (Lipinski definition) is 1.